The van der Waals surface area contributed by atoms with Crippen LogP contribution < -0.4 is 4.90 Å². The van der Waals surface area contributed by atoms with Gasteiger partial charge in [-0.1, -0.05) is 19.1 Å². The Balaban J connectivity index is 2.06. The van der Waals surface area contributed by atoms with Gasteiger partial charge < -0.3 is 14.7 Å². The van der Waals surface area contributed by atoms with E-state index in [1.807, 2.05) is 0 Å². The lowest BCUT2D eigenvalue weighted by molar-refractivity contribution is -0.137. The average molecular weight is 263 g/mol. The second-order valence-electron chi connectivity index (χ2n) is 4.87. The van der Waals surface area contributed by atoms with Crippen LogP contribution in [-0.4, -0.2) is 36.9 Å². The second-order valence-corrected chi connectivity index (χ2v) is 4.87. The Hall–Kier alpha value is -1.55. The number of morpholine rings is 1. The first-order chi connectivity index (χ1) is 9.20. The summed E-state index contributed by atoms with van der Waals surface area (Å²) in [4.78, 5) is 13.0. The van der Waals surface area contributed by atoms with Crippen LogP contribution in [0.2, 0.25) is 0 Å². The van der Waals surface area contributed by atoms with Crippen LogP contribution in [-0.2, 0) is 16.0 Å². The number of aryl methyl sites for hydroxylation is 1. The largest absolute Gasteiger partial charge is 0.481 e. The third-order valence-electron chi connectivity index (χ3n) is 3.60. The predicted molar refractivity (Wildman–Crippen MR) is 74.6 cm³/mol. The molecule has 1 saturated heterocycles. The average Bonchev–Trinajstić information content (AvgIpc) is 2.45. The number of aliphatic carboxylic acids is 1. The summed E-state index contributed by atoms with van der Waals surface area (Å²) in [7, 11) is 0. The molecule has 0 aliphatic carbocycles. The number of carbonyl (C=O) groups is 1. The molecule has 0 saturated carbocycles. The molecule has 1 aliphatic rings. The van der Waals surface area contributed by atoms with Gasteiger partial charge in [-0.25, -0.2) is 0 Å². The van der Waals surface area contributed by atoms with Crippen LogP contribution in [0.5, 0.6) is 0 Å². The van der Waals surface area contributed by atoms with Gasteiger partial charge in [0.05, 0.1) is 19.3 Å². The van der Waals surface area contributed by atoms with Crippen molar-refractivity contribution in [2.45, 2.75) is 32.2 Å². The Morgan fingerprint density at radius 2 is 2.16 bits per heavy atom. The van der Waals surface area contributed by atoms with Crippen molar-refractivity contribution in [2.75, 3.05) is 24.7 Å². The Morgan fingerprint density at radius 3 is 2.79 bits per heavy atom. The molecule has 0 radical (unpaired) electrons. The summed E-state index contributed by atoms with van der Waals surface area (Å²) in [5, 5.41) is 8.81. The zero-order valence-corrected chi connectivity index (χ0v) is 11.3. The van der Waals surface area contributed by atoms with E-state index in [1.165, 1.54) is 5.56 Å². The molecule has 1 fully saturated rings. The van der Waals surface area contributed by atoms with E-state index < -0.39 is 5.97 Å². The lowest BCUT2D eigenvalue weighted by Crippen LogP contribution is -2.45. The van der Waals surface area contributed by atoms with Gasteiger partial charge in [-0.05, 0) is 30.5 Å². The van der Waals surface area contributed by atoms with Crippen molar-refractivity contribution in [3.63, 3.8) is 0 Å². The van der Waals surface area contributed by atoms with E-state index in [1.54, 1.807) is 0 Å². The highest BCUT2D eigenvalue weighted by Crippen LogP contribution is 2.22. The molecule has 4 nitrogen and oxygen atoms in total. The molecule has 1 aromatic rings. The number of hydrogen-bond acceptors (Lipinski definition) is 3. The SMILES string of the molecule is CCc1ccc(N2CCOCC2CCC(=O)O)cc1. The maximum absolute atomic E-state index is 10.7. The molecule has 1 unspecified atom stereocenters. The predicted octanol–water partition coefficient (Wildman–Crippen LogP) is 2.32. The number of hydrogen-bond donors (Lipinski definition) is 1. The highest BCUT2D eigenvalue weighted by Gasteiger charge is 2.23. The number of carboxylic acids is 1. The van der Waals surface area contributed by atoms with Crippen molar-refractivity contribution in [1.82, 2.24) is 0 Å². The van der Waals surface area contributed by atoms with Gasteiger partial charge in [0.1, 0.15) is 0 Å². The molecule has 0 aromatic heterocycles. The first kappa shape index (κ1) is 13.9. The topological polar surface area (TPSA) is 49.8 Å². The number of benzene rings is 1. The molecule has 1 heterocycles. The van der Waals surface area contributed by atoms with Crippen LogP contribution in [0, 0.1) is 0 Å². The van der Waals surface area contributed by atoms with Gasteiger partial charge in [-0.2, -0.15) is 0 Å². The number of anilines is 1. The number of ether oxygens (including phenoxy) is 1. The molecule has 4 heteroatoms. The third-order valence-corrected chi connectivity index (χ3v) is 3.60. The highest BCUT2D eigenvalue weighted by atomic mass is 16.5. The van der Waals surface area contributed by atoms with Crippen LogP contribution in [0.15, 0.2) is 24.3 Å². The Morgan fingerprint density at radius 1 is 1.42 bits per heavy atom. The minimum absolute atomic E-state index is 0.164. The fourth-order valence-electron chi connectivity index (χ4n) is 2.45. The van der Waals surface area contributed by atoms with Crippen molar-refractivity contribution < 1.29 is 14.6 Å². The van der Waals surface area contributed by atoms with Crippen molar-refractivity contribution in [3.8, 4) is 0 Å². The molecule has 0 amide bonds. The van der Waals surface area contributed by atoms with E-state index >= 15 is 0 Å². The fourth-order valence-corrected chi connectivity index (χ4v) is 2.45. The molecule has 1 atom stereocenters. The maximum Gasteiger partial charge on any atom is 0.303 e. The minimum Gasteiger partial charge on any atom is -0.481 e. The van der Waals surface area contributed by atoms with E-state index in [0.29, 0.717) is 19.6 Å². The summed E-state index contributed by atoms with van der Waals surface area (Å²) in [6.45, 7) is 4.29. The van der Waals surface area contributed by atoms with Gasteiger partial charge >= 0.3 is 5.97 Å². The van der Waals surface area contributed by atoms with Crippen LogP contribution in [0.1, 0.15) is 25.3 Å². The van der Waals surface area contributed by atoms with Crippen molar-refractivity contribution in [3.05, 3.63) is 29.8 Å². The van der Waals surface area contributed by atoms with Crippen molar-refractivity contribution in [1.29, 1.82) is 0 Å². The summed E-state index contributed by atoms with van der Waals surface area (Å²) in [6, 6.07) is 8.69. The van der Waals surface area contributed by atoms with E-state index in [4.69, 9.17) is 9.84 Å². The molecular formula is C15H21NO3. The molecule has 19 heavy (non-hydrogen) atoms. The highest BCUT2D eigenvalue weighted by molar-refractivity contribution is 5.66. The Bertz CT molecular complexity index is 416. The number of nitrogens with zero attached hydrogens (tertiary/aromatic N) is 1. The number of carboxylic acid groups (broad SMARTS) is 1. The summed E-state index contributed by atoms with van der Waals surface area (Å²) in [5.74, 6) is -0.744. The molecule has 1 aromatic carbocycles. The third kappa shape index (κ3) is 3.70. The molecule has 104 valence electrons. The molecule has 2 rings (SSSR count). The van der Waals surface area contributed by atoms with E-state index in [-0.39, 0.29) is 12.5 Å². The fraction of sp³-hybridized carbons (Fsp3) is 0.533. The molecule has 1 aliphatic heterocycles. The maximum atomic E-state index is 10.7. The molecule has 0 spiro atoms. The summed E-state index contributed by atoms with van der Waals surface area (Å²) in [6.07, 6.45) is 1.86. The van der Waals surface area contributed by atoms with Gasteiger partial charge in [0.15, 0.2) is 0 Å². The normalized spacial score (nSPS) is 19.4. The lowest BCUT2D eigenvalue weighted by atomic mass is 10.1. The summed E-state index contributed by atoms with van der Waals surface area (Å²) < 4.78 is 5.48. The van der Waals surface area contributed by atoms with Gasteiger partial charge in [0, 0.05) is 18.7 Å². The quantitative estimate of drug-likeness (QED) is 0.885. The van der Waals surface area contributed by atoms with Crippen molar-refractivity contribution in [2.24, 2.45) is 0 Å². The van der Waals surface area contributed by atoms with E-state index in [2.05, 4.69) is 36.1 Å². The summed E-state index contributed by atoms with van der Waals surface area (Å²) >= 11 is 0. The van der Waals surface area contributed by atoms with Gasteiger partial charge in [-0.3, -0.25) is 4.79 Å². The Labute approximate surface area is 114 Å². The standard InChI is InChI=1S/C15H21NO3/c1-2-12-3-5-13(6-4-12)16-9-10-19-11-14(16)7-8-15(17)18/h3-6,14H,2,7-11H2,1H3,(H,17,18). The zero-order chi connectivity index (χ0) is 13.7. The first-order valence-corrected chi connectivity index (χ1v) is 6.86. The van der Waals surface area contributed by atoms with Crippen LogP contribution in [0.3, 0.4) is 0 Å². The van der Waals surface area contributed by atoms with Crippen LogP contribution >= 0.6 is 0 Å². The molecular weight excluding hydrogens is 242 g/mol. The number of rotatable bonds is 5. The van der Waals surface area contributed by atoms with Gasteiger partial charge in [0.25, 0.3) is 0 Å². The Kier molecular flexibility index (Phi) is 4.80. The lowest BCUT2D eigenvalue weighted by Gasteiger charge is -2.37. The first-order valence-electron chi connectivity index (χ1n) is 6.86. The van der Waals surface area contributed by atoms with E-state index in [0.717, 1.165) is 18.7 Å². The van der Waals surface area contributed by atoms with Gasteiger partial charge in [-0.15, -0.1) is 0 Å². The molecule has 1 N–H and O–H groups in total. The molecule has 0 bridgehead atoms. The summed E-state index contributed by atoms with van der Waals surface area (Å²) in [5.41, 5.74) is 2.48. The van der Waals surface area contributed by atoms with Gasteiger partial charge in [0.2, 0.25) is 0 Å². The van der Waals surface area contributed by atoms with Crippen LogP contribution in [0.25, 0.3) is 0 Å². The second kappa shape index (κ2) is 6.57. The minimum atomic E-state index is -0.744. The monoisotopic (exact) mass is 263 g/mol. The van der Waals surface area contributed by atoms with Crippen molar-refractivity contribution >= 4 is 11.7 Å². The zero-order valence-electron chi connectivity index (χ0n) is 11.3. The smallest absolute Gasteiger partial charge is 0.303 e. The van der Waals surface area contributed by atoms with Crippen LogP contribution in [0.4, 0.5) is 5.69 Å². The van der Waals surface area contributed by atoms with E-state index in [9.17, 15) is 4.79 Å².